The molecule has 0 unspecified atom stereocenters. The molecule has 2 aromatic rings. The number of rotatable bonds is 5. The van der Waals surface area contributed by atoms with Crippen LogP contribution in [0.2, 0.25) is 0 Å². The fourth-order valence-electron chi connectivity index (χ4n) is 1.83. The van der Waals surface area contributed by atoms with Crippen LogP contribution in [-0.2, 0) is 4.79 Å². The Balaban J connectivity index is 2.27. The molecule has 0 saturated heterocycles. The van der Waals surface area contributed by atoms with Crippen LogP contribution in [0.5, 0.6) is 11.6 Å². The lowest BCUT2D eigenvalue weighted by atomic mass is 10.0. The lowest BCUT2D eigenvalue weighted by Gasteiger charge is -2.10. The van der Waals surface area contributed by atoms with E-state index in [2.05, 4.69) is 18.8 Å². The van der Waals surface area contributed by atoms with Crippen LogP contribution in [0.15, 0.2) is 48.7 Å². The van der Waals surface area contributed by atoms with Gasteiger partial charge in [-0.05, 0) is 41.8 Å². The Morgan fingerprint density at radius 2 is 2.10 bits per heavy atom. The number of carboxylic acids is 1. The van der Waals surface area contributed by atoms with Crippen molar-refractivity contribution in [1.82, 2.24) is 4.98 Å². The standard InChI is InChI=1S/C17H17NO3/c1-12(2)14-5-3-7-15(11-14)21-17-13(6-4-10-18-17)8-9-16(19)20/h3-12H,1-2H3,(H,19,20)/b9-8+. The summed E-state index contributed by atoms with van der Waals surface area (Å²) in [6.45, 7) is 4.22. The van der Waals surface area contributed by atoms with Crippen molar-refractivity contribution >= 4 is 12.0 Å². The summed E-state index contributed by atoms with van der Waals surface area (Å²) in [7, 11) is 0. The van der Waals surface area contributed by atoms with E-state index in [0.29, 0.717) is 23.1 Å². The van der Waals surface area contributed by atoms with Crippen LogP contribution < -0.4 is 4.74 Å². The molecule has 4 heteroatoms. The molecular formula is C17H17NO3. The first kappa shape index (κ1) is 14.8. The average molecular weight is 283 g/mol. The molecule has 1 aromatic heterocycles. The van der Waals surface area contributed by atoms with E-state index in [0.717, 1.165) is 6.08 Å². The van der Waals surface area contributed by atoms with Gasteiger partial charge in [0, 0.05) is 17.8 Å². The lowest BCUT2D eigenvalue weighted by molar-refractivity contribution is -0.131. The van der Waals surface area contributed by atoms with E-state index in [1.165, 1.54) is 11.6 Å². The normalized spacial score (nSPS) is 11.0. The molecule has 0 saturated carbocycles. The fraction of sp³-hybridized carbons (Fsp3) is 0.176. The zero-order chi connectivity index (χ0) is 15.2. The molecule has 0 atom stereocenters. The second-order valence-electron chi connectivity index (χ2n) is 4.90. The number of aromatic nitrogens is 1. The average Bonchev–Trinajstić information content (AvgIpc) is 2.46. The molecule has 0 amide bonds. The number of benzene rings is 1. The Kier molecular flexibility index (Phi) is 4.72. The summed E-state index contributed by atoms with van der Waals surface area (Å²) >= 11 is 0. The minimum atomic E-state index is -1.01. The highest BCUT2D eigenvalue weighted by Gasteiger charge is 2.06. The summed E-state index contributed by atoms with van der Waals surface area (Å²) in [5.74, 6) is 0.469. The number of carbonyl (C=O) groups is 1. The topological polar surface area (TPSA) is 59.4 Å². The second-order valence-corrected chi connectivity index (χ2v) is 4.90. The molecule has 4 nitrogen and oxygen atoms in total. The summed E-state index contributed by atoms with van der Waals surface area (Å²) in [5, 5.41) is 8.70. The summed E-state index contributed by atoms with van der Waals surface area (Å²) in [6, 6.07) is 11.3. The quantitative estimate of drug-likeness (QED) is 0.839. The molecule has 0 aliphatic heterocycles. The van der Waals surface area contributed by atoms with Crippen molar-refractivity contribution in [3.05, 3.63) is 59.8 Å². The van der Waals surface area contributed by atoms with Gasteiger partial charge in [-0.25, -0.2) is 9.78 Å². The van der Waals surface area contributed by atoms with Crippen molar-refractivity contribution in [2.24, 2.45) is 0 Å². The monoisotopic (exact) mass is 283 g/mol. The summed E-state index contributed by atoms with van der Waals surface area (Å²) in [6.07, 6.45) is 4.14. The second kappa shape index (κ2) is 6.70. The zero-order valence-electron chi connectivity index (χ0n) is 12.0. The van der Waals surface area contributed by atoms with Gasteiger partial charge in [0.15, 0.2) is 0 Å². The van der Waals surface area contributed by atoms with Gasteiger partial charge >= 0.3 is 5.97 Å². The molecular weight excluding hydrogens is 266 g/mol. The molecule has 0 spiro atoms. The third kappa shape index (κ3) is 4.18. The van der Waals surface area contributed by atoms with Crippen LogP contribution in [0.25, 0.3) is 6.08 Å². The third-order valence-corrected chi connectivity index (χ3v) is 2.95. The zero-order valence-corrected chi connectivity index (χ0v) is 12.0. The van der Waals surface area contributed by atoms with E-state index in [1.807, 2.05) is 24.3 Å². The van der Waals surface area contributed by atoms with Crippen LogP contribution in [0, 0.1) is 0 Å². The van der Waals surface area contributed by atoms with E-state index in [-0.39, 0.29) is 0 Å². The molecule has 21 heavy (non-hydrogen) atoms. The highest BCUT2D eigenvalue weighted by Crippen LogP contribution is 2.26. The van der Waals surface area contributed by atoms with E-state index >= 15 is 0 Å². The van der Waals surface area contributed by atoms with Gasteiger partial charge in [0.25, 0.3) is 0 Å². The number of hydrogen-bond donors (Lipinski definition) is 1. The first-order valence-corrected chi connectivity index (χ1v) is 6.70. The molecule has 1 aromatic carbocycles. The van der Waals surface area contributed by atoms with E-state index in [4.69, 9.17) is 9.84 Å². The van der Waals surface area contributed by atoms with E-state index < -0.39 is 5.97 Å². The predicted molar refractivity (Wildman–Crippen MR) is 81.5 cm³/mol. The minimum Gasteiger partial charge on any atom is -0.478 e. The molecule has 0 bridgehead atoms. The van der Waals surface area contributed by atoms with Crippen molar-refractivity contribution in [2.45, 2.75) is 19.8 Å². The van der Waals surface area contributed by atoms with Gasteiger partial charge in [-0.3, -0.25) is 0 Å². The highest BCUT2D eigenvalue weighted by atomic mass is 16.5. The fourth-order valence-corrected chi connectivity index (χ4v) is 1.83. The van der Waals surface area contributed by atoms with Crippen molar-refractivity contribution in [1.29, 1.82) is 0 Å². The van der Waals surface area contributed by atoms with Gasteiger partial charge in [-0.1, -0.05) is 26.0 Å². The SMILES string of the molecule is CC(C)c1cccc(Oc2ncccc2/C=C/C(=O)O)c1. The largest absolute Gasteiger partial charge is 0.478 e. The van der Waals surface area contributed by atoms with Crippen LogP contribution >= 0.6 is 0 Å². The Labute approximate surface area is 123 Å². The number of nitrogens with zero attached hydrogens (tertiary/aromatic N) is 1. The van der Waals surface area contributed by atoms with Crippen LogP contribution in [0.3, 0.4) is 0 Å². The maximum Gasteiger partial charge on any atom is 0.328 e. The van der Waals surface area contributed by atoms with Crippen LogP contribution in [0.4, 0.5) is 0 Å². The molecule has 1 heterocycles. The predicted octanol–water partition coefficient (Wildman–Crippen LogP) is 4.10. The number of pyridine rings is 1. The van der Waals surface area contributed by atoms with Crippen LogP contribution in [0.1, 0.15) is 30.9 Å². The van der Waals surface area contributed by atoms with Crippen molar-refractivity contribution in [2.75, 3.05) is 0 Å². The first-order chi connectivity index (χ1) is 10.1. The highest BCUT2D eigenvalue weighted by molar-refractivity contribution is 5.85. The smallest absolute Gasteiger partial charge is 0.328 e. The number of hydrogen-bond acceptors (Lipinski definition) is 3. The molecule has 2 rings (SSSR count). The molecule has 0 aliphatic rings. The van der Waals surface area contributed by atoms with E-state index in [1.54, 1.807) is 18.3 Å². The molecule has 0 aliphatic carbocycles. The molecule has 108 valence electrons. The van der Waals surface area contributed by atoms with Gasteiger partial charge in [-0.15, -0.1) is 0 Å². The molecule has 1 N–H and O–H groups in total. The first-order valence-electron chi connectivity index (χ1n) is 6.70. The number of carboxylic acid groups (broad SMARTS) is 1. The summed E-state index contributed by atoms with van der Waals surface area (Å²) < 4.78 is 5.78. The number of ether oxygens (including phenoxy) is 1. The van der Waals surface area contributed by atoms with Crippen LogP contribution in [-0.4, -0.2) is 16.1 Å². The van der Waals surface area contributed by atoms with Gasteiger partial charge < -0.3 is 9.84 Å². The summed E-state index contributed by atoms with van der Waals surface area (Å²) in [4.78, 5) is 14.8. The Bertz CT molecular complexity index is 663. The lowest BCUT2D eigenvalue weighted by Crippen LogP contribution is -1.93. The van der Waals surface area contributed by atoms with Crippen molar-refractivity contribution < 1.29 is 14.6 Å². The van der Waals surface area contributed by atoms with Crippen molar-refractivity contribution in [3.63, 3.8) is 0 Å². The maximum absolute atomic E-state index is 10.6. The Hall–Kier alpha value is -2.62. The molecule has 0 radical (unpaired) electrons. The van der Waals surface area contributed by atoms with E-state index in [9.17, 15) is 4.79 Å². The summed E-state index contributed by atoms with van der Waals surface area (Å²) in [5.41, 5.74) is 1.79. The van der Waals surface area contributed by atoms with Gasteiger partial charge in [0.2, 0.25) is 5.88 Å². The van der Waals surface area contributed by atoms with Gasteiger partial charge in [0.05, 0.1) is 0 Å². The van der Waals surface area contributed by atoms with Gasteiger partial charge in [-0.2, -0.15) is 0 Å². The Morgan fingerprint density at radius 1 is 1.29 bits per heavy atom. The van der Waals surface area contributed by atoms with Crippen molar-refractivity contribution in [3.8, 4) is 11.6 Å². The minimum absolute atomic E-state index is 0.385. The number of aliphatic carboxylic acids is 1. The Morgan fingerprint density at radius 3 is 2.81 bits per heavy atom. The molecule has 0 fully saturated rings. The maximum atomic E-state index is 10.6. The van der Waals surface area contributed by atoms with Gasteiger partial charge in [0.1, 0.15) is 5.75 Å². The third-order valence-electron chi connectivity index (χ3n) is 2.95.